The molecule has 0 aromatic heterocycles. The predicted octanol–water partition coefficient (Wildman–Crippen LogP) is 5.13. The molecular weight excluding hydrogens is 378 g/mol. The number of nitrogens with zero attached hydrogens (tertiary/aromatic N) is 1. The standard InChI is InChI=1S/C25H35NO2S/c1-19-16-26(17-20(2)28-19)24-14-12-22(13-15-24)7-6-21-8-10-23(11-9-21)18-29(27)25(3,4)5/h8-15,19-20H,6-7,16-18H2,1-5H3/t19-,20+,29?. The third kappa shape index (κ3) is 6.42. The van der Waals surface area contributed by atoms with Crippen molar-refractivity contribution in [1.29, 1.82) is 0 Å². The summed E-state index contributed by atoms with van der Waals surface area (Å²) in [5.41, 5.74) is 5.13. The van der Waals surface area contributed by atoms with E-state index in [0.29, 0.717) is 5.75 Å². The van der Waals surface area contributed by atoms with Crippen LogP contribution in [0, 0.1) is 0 Å². The van der Waals surface area contributed by atoms with Crippen LogP contribution >= 0.6 is 0 Å². The van der Waals surface area contributed by atoms with Crippen molar-refractivity contribution in [3.8, 4) is 0 Å². The zero-order valence-electron chi connectivity index (χ0n) is 18.5. The molecule has 0 aliphatic carbocycles. The second kappa shape index (κ2) is 9.44. The predicted molar refractivity (Wildman–Crippen MR) is 124 cm³/mol. The molecule has 1 heterocycles. The minimum Gasteiger partial charge on any atom is -0.372 e. The number of aryl methyl sites for hydroxylation is 2. The molecular formula is C25H35NO2S. The van der Waals surface area contributed by atoms with Crippen molar-refractivity contribution in [2.24, 2.45) is 0 Å². The van der Waals surface area contributed by atoms with Crippen LogP contribution in [0.25, 0.3) is 0 Å². The van der Waals surface area contributed by atoms with Crippen molar-refractivity contribution in [1.82, 2.24) is 0 Å². The first-order valence-corrected chi connectivity index (χ1v) is 12.0. The Bertz CT molecular complexity index is 798. The van der Waals surface area contributed by atoms with Gasteiger partial charge in [-0.2, -0.15) is 0 Å². The summed E-state index contributed by atoms with van der Waals surface area (Å²) in [5.74, 6) is 0.629. The van der Waals surface area contributed by atoms with Gasteiger partial charge in [-0.05, 0) is 76.3 Å². The lowest BCUT2D eigenvalue weighted by molar-refractivity contribution is -0.00521. The highest BCUT2D eigenvalue weighted by Gasteiger charge is 2.22. The Morgan fingerprint density at radius 3 is 1.79 bits per heavy atom. The van der Waals surface area contributed by atoms with Gasteiger partial charge >= 0.3 is 0 Å². The summed E-state index contributed by atoms with van der Waals surface area (Å²) in [6, 6.07) is 17.6. The van der Waals surface area contributed by atoms with E-state index in [2.05, 4.69) is 67.3 Å². The van der Waals surface area contributed by atoms with Gasteiger partial charge in [-0.15, -0.1) is 0 Å². The van der Waals surface area contributed by atoms with E-state index in [1.165, 1.54) is 16.8 Å². The van der Waals surface area contributed by atoms with E-state index in [9.17, 15) is 4.21 Å². The van der Waals surface area contributed by atoms with Crippen LogP contribution in [0.3, 0.4) is 0 Å². The summed E-state index contributed by atoms with van der Waals surface area (Å²) < 4.78 is 18.0. The Morgan fingerprint density at radius 2 is 1.31 bits per heavy atom. The molecule has 1 aliphatic rings. The average Bonchev–Trinajstić information content (AvgIpc) is 2.66. The summed E-state index contributed by atoms with van der Waals surface area (Å²) in [6.07, 6.45) is 2.61. The van der Waals surface area contributed by atoms with Crippen LogP contribution in [0.2, 0.25) is 0 Å². The van der Waals surface area contributed by atoms with E-state index >= 15 is 0 Å². The quantitative estimate of drug-likeness (QED) is 0.657. The number of morpholine rings is 1. The van der Waals surface area contributed by atoms with Gasteiger partial charge < -0.3 is 9.64 Å². The summed E-state index contributed by atoms with van der Waals surface area (Å²) in [4.78, 5) is 2.42. The van der Waals surface area contributed by atoms with Gasteiger partial charge in [0.1, 0.15) is 0 Å². The highest BCUT2D eigenvalue weighted by molar-refractivity contribution is 7.85. The van der Waals surface area contributed by atoms with E-state index in [1.807, 2.05) is 20.8 Å². The third-order valence-corrected chi connectivity index (χ3v) is 7.39. The molecule has 3 rings (SSSR count). The Balaban J connectivity index is 1.53. The third-order valence-electron chi connectivity index (χ3n) is 5.43. The summed E-state index contributed by atoms with van der Waals surface area (Å²) >= 11 is 0. The molecule has 0 N–H and O–H groups in total. The van der Waals surface area contributed by atoms with Gasteiger partial charge in [-0.25, -0.2) is 0 Å². The molecule has 0 saturated carbocycles. The number of hydrogen-bond donors (Lipinski definition) is 0. The van der Waals surface area contributed by atoms with Crippen LogP contribution in [0.5, 0.6) is 0 Å². The largest absolute Gasteiger partial charge is 0.372 e. The number of hydrogen-bond acceptors (Lipinski definition) is 3. The Labute approximate surface area is 178 Å². The minimum absolute atomic E-state index is 0.165. The number of rotatable bonds is 6. The molecule has 1 fully saturated rings. The van der Waals surface area contributed by atoms with Crippen molar-refractivity contribution >= 4 is 16.5 Å². The van der Waals surface area contributed by atoms with Gasteiger partial charge in [0.25, 0.3) is 0 Å². The molecule has 0 amide bonds. The molecule has 0 spiro atoms. The van der Waals surface area contributed by atoms with Crippen molar-refractivity contribution in [3.63, 3.8) is 0 Å². The zero-order chi connectivity index (χ0) is 21.0. The maximum absolute atomic E-state index is 12.3. The Kier molecular flexibility index (Phi) is 7.18. The molecule has 0 radical (unpaired) electrons. The van der Waals surface area contributed by atoms with Crippen LogP contribution in [-0.2, 0) is 34.1 Å². The first-order chi connectivity index (χ1) is 13.7. The fourth-order valence-corrected chi connectivity index (χ4v) is 4.65. The van der Waals surface area contributed by atoms with Crippen LogP contribution in [0.15, 0.2) is 48.5 Å². The number of ether oxygens (including phenoxy) is 1. The topological polar surface area (TPSA) is 29.5 Å². The van der Waals surface area contributed by atoms with Crippen LogP contribution < -0.4 is 4.90 Å². The first-order valence-electron chi connectivity index (χ1n) is 10.7. The lowest BCUT2D eigenvalue weighted by Crippen LogP contribution is -2.45. The van der Waals surface area contributed by atoms with Gasteiger partial charge in [0, 0.05) is 40.1 Å². The maximum Gasteiger partial charge on any atom is 0.0726 e. The molecule has 1 aliphatic heterocycles. The smallest absolute Gasteiger partial charge is 0.0726 e. The highest BCUT2D eigenvalue weighted by atomic mass is 32.2. The van der Waals surface area contributed by atoms with Gasteiger partial charge in [0.05, 0.1) is 12.2 Å². The second-order valence-electron chi connectivity index (χ2n) is 9.25. The summed E-state index contributed by atoms with van der Waals surface area (Å²) in [7, 11) is -0.849. The molecule has 1 saturated heterocycles. The van der Waals surface area contributed by atoms with E-state index in [-0.39, 0.29) is 17.0 Å². The maximum atomic E-state index is 12.3. The Hall–Kier alpha value is -1.65. The van der Waals surface area contributed by atoms with Crippen LogP contribution in [-0.4, -0.2) is 34.3 Å². The molecule has 29 heavy (non-hydrogen) atoms. The molecule has 1 unspecified atom stereocenters. The van der Waals surface area contributed by atoms with Crippen LogP contribution in [0.1, 0.15) is 51.3 Å². The van der Waals surface area contributed by atoms with Crippen LogP contribution in [0.4, 0.5) is 5.69 Å². The molecule has 158 valence electrons. The fourth-order valence-electron chi connectivity index (χ4n) is 3.72. The van der Waals surface area contributed by atoms with Crippen molar-refractivity contribution in [3.05, 3.63) is 65.2 Å². The monoisotopic (exact) mass is 413 g/mol. The average molecular weight is 414 g/mol. The Morgan fingerprint density at radius 1 is 0.862 bits per heavy atom. The molecule has 2 aromatic rings. The normalized spacial score (nSPS) is 21.2. The van der Waals surface area contributed by atoms with Gasteiger partial charge in [0.15, 0.2) is 0 Å². The van der Waals surface area contributed by atoms with E-state index in [1.54, 1.807) is 0 Å². The van der Waals surface area contributed by atoms with Gasteiger partial charge in [-0.3, -0.25) is 4.21 Å². The molecule has 0 bridgehead atoms. The van der Waals surface area contributed by atoms with Crippen molar-refractivity contribution < 1.29 is 8.95 Å². The summed E-state index contributed by atoms with van der Waals surface area (Å²) in [6.45, 7) is 12.3. The van der Waals surface area contributed by atoms with E-state index in [0.717, 1.165) is 31.5 Å². The second-order valence-corrected chi connectivity index (χ2v) is 11.5. The SMILES string of the molecule is C[C@@H]1CN(c2ccc(CCc3ccc(CS(=O)C(C)(C)C)cc3)cc2)C[C@H](C)O1. The first kappa shape index (κ1) is 22.0. The lowest BCUT2D eigenvalue weighted by atomic mass is 10.0. The zero-order valence-corrected chi connectivity index (χ0v) is 19.3. The fraction of sp³-hybridized carbons (Fsp3) is 0.520. The van der Waals surface area contributed by atoms with Crippen molar-refractivity contribution in [2.45, 2.75) is 70.2 Å². The minimum atomic E-state index is -0.849. The van der Waals surface area contributed by atoms with E-state index < -0.39 is 10.8 Å². The van der Waals surface area contributed by atoms with Gasteiger partial charge in [-0.1, -0.05) is 36.4 Å². The molecule has 3 nitrogen and oxygen atoms in total. The number of benzene rings is 2. The highest BCUT2D eigenvalue weighted by Crippen LogP contribution is 2.22. The number of anilines is 1. The van der Waals surface area contributed by atoms with E-state index in [4.69, 9.17) is 4.74 Å². The van der Waals surface area contributed by atoms with Gasteiger partial charge in [0.2, 0.25) is 0 Å². The molecule has 4 heteroatoms. The van der Waals surface area contributed by atoms with Crippen molar-refractivity contribution in [2.75, 3.05) is 18.0 Å². The lowest BCUT2D eigenvalue weighted by Gasteiger charge is -2.36. The summed E-state index contributed by atoms with van der Waals surface area (Å²) in [5, 5.41) is 0. The molecule has 3 atom stereocenters. The molecule has 2 aromatic carbocycles.